The summed E-state index contributed by atoms with van der Waals surface area (Å²) in [6, 6.07) is 9.01. The first-order chi connectivity index (χ1) is 14.2. The van der Waals surface area contributed by atoms with E-state index in [1.165, 1.54) is 37.6 Å². The van der Waals surface area contributed by atoms with Gasteiger partial charge in [0.25, 0.3) is 0 Å². The van der Waals surface area contributed by atoms with Gasteiger partial charge >= 0.3 is 12.1 Å². The Labute approximate surface area is 167 Å². The molecule has 1 heterocycles. The molecule has 0 N–H and O–H groups in total. The van der Waals surface area contributed by atoms with Gasteiger partial charge in [-0.1, -0.05) is 6.07 Å². The van der Waals surface area contributed by atoms with Crippen LogP contribution >= 0.6 is 0 Å². The van der Waals surface area contributed by atoms with E-state index in [1.54, 1.807) is 0 Å². The highest BCUT2D eigenvalue weighted by Crippen LogP contribution is 2.30. The predicted molar refractivity (Wildman–Crippen MR) is 96.1 cm³/mol. The van der Waals surface area contributed by atoms with Crippen LogP contribution < -0.4 is 4.74 Å². The van der Waals surface area contributed by atoms with Gasteiger partial charge in [0, 0.05) is 5.56 Å². The Bertz CT molecular complexity index is 1080. The first kappa shape index (κ1) is 21.0. The van der Waals surface area contributed by atoms with Crippen LogP contribution in [-0.4, -0.2) is 35.2 Å². The Hall–Kier alpha value is -3.69. The van der Waals surface area contributed by atoms with E-state index in [4.69, 9.17) is 9.47 Å². The molecule has 3 aromatic rings. The van der Waals surface area contributed by atoms with Gasteiger partial charge in [0.05, 0.1) is 24.6 Å². The highest BCUT2D eigenvalue weighted by molar-refractivity contribution is 5.99. The minimum absolute atomic E-state index is 0.0459. The lowest BCUT2D eigenvalue weighted by molar-refractivity contribution is -0.137. The summed E-state index contributed by atoms with van der Waals surface area (Å²) < 4.78 is 62.7. The molecule has 1 aromatic heterocycles. The second-order valence-corrected chi connectivity index (χ2v) is 6.04. The largest absolute Gasteiger partial charge is 0.493 e. The lowest BCUT2D eigenvalue weighted by Gasteiger charge is -2.08. The summed E-state index contributed by atoms with van der Waals surface area (Å²) in [4.78, 5) is 24.4. The number of esters is 1. The van der Waals surface area contributed by atoms with Crippen molar-refractivity contribution in [2.45, 2.75) is 6.18 Å². The number of halogens is 4. The lowest BCUT2D eigenvalue weighted by Crippen LogP contribution is -2.15. The van der Waals surface area contributed by atoms with E-state index in [9.17, 15) is 27.2 Å². The molecule has 6 nitrogen and oxygen atoms in total. The summed E-state index contributed by atoms with van der Waals surface area (Å²) in [5.41, 5.74) is -1.01. The van der Waals surface area contributed by atoms with E-state index in [1.807, 2.05) is 0 Å². The van der Waals surface area contributed by atoms with Crippen molar-refractivity contribution >= 4 is 11.8 Å². The highest BCUT2D eigenvalue weighted by atomic mass is 19.4. The molecule has 0 aliphatic rings. The van der Waals surface area contributed by atoms with Gasteiger partial charge in [-0.25, -0.2) is 13.9 Å². The standard InChI is InChI=1S/C20H14F4N2O4/c1-29-17-10-26(15-4-2-3-13(9-15)20(22,23)24)25-18(17)19(28)30-11-16(27)12-5-7-14(21)8-6-12/h2-10H,11H2,1H3. The van der Waals surface area contributed by atoms with E-state index < -0.39 is 35.9 Å². The number of ether oxygens (including phenoxy) is 2. The first-order valence-electron chi connectivity index (χ1n) is 8.46. The Balaban J connectivity index is 1.78. The average molecular weight is 422 g/mol. The maximum atomic E-state index is 12.9. The van der Waals surface area contributed by atoms with Gasteiger partial charge in [-0.2, -0.15) is 18.3 Å². The summed E-state index contributed by atoms with van der Waals surface area (Å²) in [5, 5.41) is 3.93. The molecular formula is C20H14F4N2O4. The summed E-state index contributed by atoms with van der Waals surface area (Å²) in [6.45, 7) is -0.635. The van der Waals surface area contributed by atoms with E-state index in [2.05, 4.69) is 5.10 Å². The maximum absolute atomic E-state index is 12.9. The second kappa shape index (κ2) is 8.36. The normalized spacial score (nSPS) is 11.2. The number of hydrogen-bond acceptors (Lipinski definition) is 5. The van der Waals surface area contributed by atoms with E-state index in [0.29, 0.717) is 0 Å². The minimum Gasteiger partial charge on any atom is -0.493 e. The van der Waals surface area contributed by atoms with Gasteiger partial charge in [0.2, 0.25) is 5.69 Å². The van der Waals surface area contributed by atoms with Crippen LogP contribution in [0.3, 0.4) is 0 Å². The van der Waals surface area contributed by atoms with Crippen LogP contribution in [0, 0.1) is 5.82 Å². The SMILES string of the molecule is COc1cn(-c2cccc(C(F)(F)F)c2)nc1C(=O)OCC(=O)c1ccc(F)cc1. The molecule has 0 spiro atoms. The minimum atomic E-state index is -4.55. The van der Waals surface area contributed by atoms with Gasteiger partial charge in [-0.3, -0.25) is 4.79 Å². The molecule has 3 rings (SSSR count). The quantitative estimate of drug-likeness (QED) is 0.340. The molecule has 10 heteroatoms. The van der Waals surface area contributed by atoms with E-state index in [-0.39, 0.29) is 22.7 Å². The summed E-state index contributed by atoms with van der Waals surface area (Å²) in [7, 11) is 1.24. The smallest absolute Gasteiger partial charge is 0.416 e. The van der Waals surface area contributed by atoms with Crippen molar-refractivity contribution in [2.75, 3.05) is 13.7 Å². The molecule has 0 atom stereocenters. The molecule has 0 aliphatic carbocycles. The summed E-state index contributed by atoms with van der Waals surface area (Å²) in [5.74, 6) is -2.15. The number of ketones is 1. The number of rotatable bonds is 6. The molecular weight excluding hydrogens is 408 g/mol. The van der Waals surface area contributed by atoms with Crippen LogP contribution in [0.15, 0.2) is 54.7 Å². The third-order valence-electron chi connectivity index (χ3n) is 4.03. The van der Waals surface area contributed by atoms with Crippen molar-refractivity contribution in [3.05, 3.63) is 77.4 Å². The number of methoxy groups -OCH3 is 1. The number of hydrogen-bond donors (Lipinski definition) is 0. The Morgan fingerprint density at radius 1 is 1.10 bits per heavy atom. The van der Waals surface area contributed by atoms with Crippen LogP contribution in [0.2, 0.25) is 0 Å². The number of benzene rings is 2. The fraction of sp³-hybridized carbons (Fsp3) is 0.150. The van der Waals surface area contributed by atoms with E-state index >= 15 is 0 Å². The molecule has 0 bridgehead atoms. The lowest BCUT2D eigenvalue weighted by atomic mass is 10.1. The molecule has 0 radical (unpaired) electrons. The Kier molecular flexibility index (Phi) is 5.86. The number of Topliss-reactive ketones (excluding diaryl/α,β-unsaturated/α-hetero) is 1. The van der Waals surface area contributed by atoms with Gasteiger partial charge in [0.1, 0.15) is 5.82 Å². The molecule has 0 saturated heterocycles. The molecule has 2 aromatic carbocycles. The number of alkyl halides is 3. The molecule has 0 saturated carbocycles. The Morgan fingerprint density at radius 2 is 1.80 bits per heavy atom. The average Bonchev–Trinajstić information content (AvgIpc) is 3.16. The second-order valence-electron chi connectivity index (χ2n) is 6.04. The van der Waals surface area contributed by atoms with Crippen LogP contribution in [0.25, 0.3) is 5.69 Å². The zero-order valence-electron chi connectivity index (χ0n) is 15.4. The number of carbonyl (C=O) groups is 2. The summed E-state index contributed by atoms with van der Waals surface area (Å²) in [6.07, 6.45) is -3.33. The fourth-order valence-electron chi connectivity index (χ4n) is 2.52. The molecule has 30 heavy (non-hydrogen) atoms. The zero-order valence-corrected chi connectivity index (χ0v) is 15.4. The first-order valence-corrected chi connectivity index (χ1v) is 8.46. The van der Waals surface area contributed by atoms with Gasteiger partial charge in [0.15, 0.2) is 18.1 Å². The van der Waals surface area contributed by atoms with Crippen molar-refractivity contribution < 1.29 is 36.6 Å². The van der Waals surface area contributed by atoms with Crippen LogP contribution in [0.5, 0.6) is 5.75 Å². The van der Waals surface area contributed by atoms with Gasteiger partial charge in [-0.15, -0.1) is 0 Å². The van der Waals surface area contributed by atoms with Gasteiger partial charge < -0.3 is 9.47 Å². The Morgan fingerprint density at radius 3 is 2.43 bits per heavy atom. The van der Waals surface area contributed by atoms with Crippen LogP contribution in [0.1, 0.15) is 26.4 Å². The number of aromatic nitrogens is 2. The monoisotopic (exact) mass is 422 g/mol. The van der Waals surface area contributed by atoms with Gasteiger partial charge in [-0.05, 0) is 42.5 Å². The van der Waals surface area contributed by atoms with Crippen LogP contribution in [-0.2, 0) is 10.9 Å². The maximum Gasteiger partial charge on any atom is 0.416 e. The zero-order chi connectivity index (χ0) is 21.9. The van der Waals surface area contributed by atoms with Crippen LogP contribution in [0.4, 0.5) is 17.6 Å². The molecule has 0 fully saturated rings. The predicted octanol–water partition coefficient (Wildman–Crippen LogP) is 4.08. The van der Waals surface area contributed by atoms with E-state index in [0.717, 1.165) is 28.9 Å². The third-order valence-corrected chi connectivity index (χ3v) is 4.03. The van der Waals surface area contributed by atoms with Crippen molar-refractivity contribution in [2.24, 2.45) is 0 Å². The number of carbonyl (C=O) groups excluding carboxylic acids is 2. The fourth-order valence-corrected chi connectivity index (χ4v) is 2.52. The van der Waals surface area contributed by atoms with Crippen molar-refractivity contribution in [1.82, 2.24) is 9.78 Å². The summed E-state index contributed by atoms with van der Waals surface area (Å²) >= 11 is 0. The highest BCUT2D eigenvalue weighted by Gasteiger charge is 2.31. The third kappa shape index (κ3) is 4.65. The van der Waals surface area contributed by atoms with Crippen molar-refractivity contribution in [1.29, 1.82) is 0 Å². The van der Waals surface area contributed by atoms with Crippen molar-refractivity contribution in [3.63, 3.8) is 0 Å². The van der Waals surface area contributed by atoms with Crippen molar-refractivity contribution in [3.8, 4) is 11.4 Å². The topological polar surface area (TPSA) is 70.4 Å². The molecule has 0 aliphatic heterocycles. The molecule has 0 unspecified atom stereocenters. The number of nitrogens with zero attached hydrogens (tertiary/aromatic N) is 2. The molecule has 156 valence electrons. The molecule has 0 amide bonds.